The lowest BCUT2D eigenvalue weighted by atomic mass is 9.99. The van der Waals surface area contributed by atoms with Crippen LogP contribution in [0.2, 0.25) is 0 Å². The minimum atomic E-state index is -3.57. The molecule has 8 heteroatoms. The molecule has 0 bridgehead atoms. The zero-order valence-electron chi connectivity index (χ0n) is 10.6. The average molecular weight is 298 g/mol. The fraction of sp³-hybridized carbons (Fsp3) is 1.00. The third-order valence-corrected chi connectivity index (χ3v) is 5.88. The van der Waals surface area contributed by atoms with Gasteiger partial charge in [0.25, 0.3) is 0 Å². The van der Waals surface area contributed by atoms with Crippen molar-refractivity contribution in [3.63, 3.8) is 0 Å². The second-order valence-electron chi connectivity index (χ2n) is 4.95. The van der Waals surface area contributed by atoms with Crippen LogP contribution in [0.1, 0.15) is 25.7 Å². The van der Waals surface area contributed by atoms with Crippen LogP contribution < -0.4 is 10.5 Å². The molecule has 1 fully saturated rings. The van der Waals surface area contributed by atoms with Crippen LogP contribution in [0.25, 0.3) is 0 Å². The van der Waals surface area contributed by atoms with Crippen LogP contribution in [0.5, 0.6) is 0 Å². The highest BCUT2D eigenvalue weighted by Crippen LogP contribution is 2.27. The van der Waals surface area contributed by atoms with Gasteiger partial charge in [-0.05, 0) is 18.8 Å². The molecular weight excluding hydrogens is 276 g/mol. The van der Waals surface area contributed by atoms with Gasteiger partial charge in [-0.3, -0.25) is 0 Å². The molecule has 1 rings (SSSR count). The van der Waals surface area contributed by atoms with E-state index in [9.17, 15) is 16.8 Å². The standard InChI is InChI=1S/C10H22N2O4S2/c1-17(13,14)6-7-18(15,16)12-10(8-11)9-4-2-3-5-9/h9-10,12H,2-8,11H2,1H3. The number of nitrogens with one attached hydrogen (secondary N) is 1. The van der Waals surface area contributed by atoms with E-state index in [0.717, 1.165) is 31.9 Å². The summed E-state index contributed by atoms with van der Waals surface area (Å²) in [6, 6.07) is -0.267. The molecule has 6 nitrogen and oxygen atoms in total. The third kappa shape index (κ3) is 5.64. The maximum Gasteiger partial charge on any atom is 0.212 e. The van der Waals surface area contributed by atoms with Crippen LogP contribution in [0.3, 0.4) is 0 Å². The van der Waals surface area contributed by atoms with Crippen LogP contribution in [0.4, 0.5) is 0 Å². The summed E-state index contributed by atoms with van der Waals surface area (Å²) in [5.41, 5.74) is 5.60. The molecule has 1 aliphatic rings. The summed E-state index contributed by atoms with van der Waals surface area (Å²) >= 11 is 0. The fourth-order valence-corrected chi connectivity index (χ4v) is 5.20. The Morgan fingerprint density at radius 1 is 1.17 bits per heavy atom. The Hall–Kier alpha value is -0.180. The van der Waals surface area contributed by atoms with Gasteiger partial charge in [-0.15, -0.1) is 0 Å². The molecule has 1 atom stereocenters. The molecule has 0 spiro atoms. The Labute approximate surface area is 109 Å². The number of sulfonamides is 1. The van der Waals surface area contributed by atoms with E-state index in [1.54, 1.807) is 0 Å². The second-order valence-corrected chi connectivity index (χ2v) is 9.09. The molecule has 108 valence electrons. The van der Waals surface area contributed by atoms with E-state index in [-0.39, 0.29) is 24.3 Å². The Bertz CT molecular complexity index is 452. The van der Waals surface area contributed by atoms with Gasteiger partial charge in [0.05, 0.1) is 11.5 Å². The van der Waals surface area contributed by atoms with E-state index >= 15 is 0 Å². The van der Waals surface area contributed by atoms with Crippen molar-refractivity contribution in [2.45, 2.75) is 31.7 Å². The minimum Gasteiger partial charge on any atom is -0.329 e. The van der Waals surface area contributed by atoms with E-state index in [2.05, 4.69) is 4.72 Å². The van der Waals surface area contributed by atoms with E-state index in [4.69, 9.17) is 5.73 Å². The number of hydrogen-bond donors (Lipinski definition) is 2. The molecule has 0 aliphatic heterocycles. The molecule has 0 heterocycles. The number of rotatable bonds is 7. The number of sulfone groups is 1. The van der Waals surface area contributed by atoms with Gasteiger partial charge in [-0.25, -0.2) is 21.6 Å². The van der Waals surface area contributed by atoms with Crippen molar-refractivity contribution in [1.82, 2.24) is 4.72 Å². The van der Waals surface area contributed by atoms with Crippen molar-refractivity contribution in [2.24, 2.45) is 11.7 Å². The summed E-state index contributed by atoms with van der Waals surface area (Å²) in [6.07, 6.45) is 5.20. The second kappa shape index (κ2) is 6.31. The molecule has 0 aromatic heterocycles. The highest BCUT2D eigenvalue weighted by atomic mass is 32.2. The van der Waals surface area contributed by atoms with Crippen LogP contribution in [0.15, 0.2) is 0 Å². The smallest absolute Gasteiger partial charge is 0.212 e. The molecule has 0 aromatic carbocycles. The normalized spacial score (nSPS) is 20.1. The lowest BCUT2D eigenvalue weighted by Crippen LogP contribution is -2.46. The Morgan fingerprint density at radius 3 is 2.17 bits per heavy atom. The summed E-state index contributed by atoms with van der Waals surface area (Å²) in [6.45, 7) is 0.253. The van der Waals surface area contributed by atoms with Crippen molar-refractivity contribution in [3.05, 3.63) is 0 Å². The lowest BCUT2D eigenvalue weighted by Gasteiger charge is -2.22. The first-order valence-electron chi connectivity index (χ1n) is 6.11. The first-order valence-corrected chi connectivity index (χ1v) is 9.82. The SMILES string of the molecule is CS(=O)(=O)CCS(=O)(=O)NC(CN)C1CCCC1. The molecule has 0 radical (unpaired) electrons. The zero-order chi connectivity index (χ0) is 13.8. The highest BCUT2D eigenvalue weighted by Gasteiger charge is 2.27. The summed E-state index contributed by atoms with van der Waals surface area (Å²) in [7, 11) is -6.84. The van der Waals surface area contributed by atoms with Gasteiger partial charge in [-0.2, -0.15) is 0 Å². The number of nitrogens with two attached hydrogens (primary N) is 1. The quantitative estimate of drug-likeness (QED) is 0.657. The van der Waals surface area contributed by atoms with Gasteiger partial charge < -0.3 is 5.73 Å². The predicted molar refractivity (Wildman–Crippen MR) is 71.4 cm³/mol. The van der Waals surface area contributed by atoms with Crippen LogP contribution in [0, 0.1) is 5.92 Å². The third-order valence-electron chi connectivity index (χ3n) is 3.28. The summed E-state index contributed by atoms with van der Waals surface area (Å²) < 4.78 is 48.0. The molecule has 3 N–H and O–H groups in total. The van der Waals surface area contributed by atoms with Crippen molar-refractivity contribution in [2.75, 3.05) is 24.3 Å². The fourth-order valence-electron chi connectivity index (χ4n) is 2.25. The molecule has 0 aromatic rings. The first kappa shape index (κ1) is 15.9. The Morgan fingerprint density at radius 2 is 1.72 bits per heavy atom. The van der Waals surface area contributed by atoms with Gasteiger partial charge in [0.2, 0.25) is 10.0 Å². The van der Waals surface area contributed by atoms with E-state index in [1.807, 2.05) is 0 Å². The summed E-state index contributed by atoms with van der Waals surface area (Å²) in [5, 5.41) is 0. The number of hydrogen-bond acceptors (Lipinski definition) is 5. The lowest BCUT2D eigenvalue weighted by molar-refractivity contribution is 0.406. The summed E-state index contributed by atoms with van der Waals surface area (Å²) in [4.78, 5) is 0. The van der Waals surface area contributed by atoms with Crippen LogP contribution in [-0.2, 0) is 19.9 Å². The van der Waals surface area contributed by atoms with Crippen LogP contribution in [-0.4, -0.2) is 47.2 Å². The zero-order valence-corrected chi connectivity index (χ0v) is 12.3. The molecule has 1 aliphatic carbocycles. The molecule has 0 amide bonds. The van der Waals surface area contributed by atoms with Crippen molar-refractivity contribution in [1.29, 1.82) is 0 Å². The Kier molecular flexibility index (Phi) is 5.57. The van der Waals surface area contributed by atoms with Crippen LogP contribution >= 0.6 is 0 Å². The van der Waals surface area contributed by atoms with Gasteiger partial charge in [0, 0.05) is 18.8 Å². The van der Waals surface area contributed by atoms with Gasteiger partial charge in [0.1, 0.15) is 9.84 Å². The molecule has 1 saturated carbocycles. The van der Waals surface area contributed by atoms with Crippen molar-refractivity contribution in [3.8, 4) is 0 Å². The molecule has 18 heavy (non-hydrogen) atoms. The highest BCUT2D eigenvalue weighted by molar-refractivity contribution is 7.93. The summed E-state index contributed by atoms with van der Waals surface area (Å²) in [5.74, 6) is -0.470. The predicted octanol–water partition coefficient (Wildman–Crippen LogP) is -0.532. The topological polar surface area (TPSA) is 106 Å². The van der Waals surface area contributed by atoms with Gasteiger partial charge in [-0.1, -0.05) is 12.8 Å². The first-order chi connectivity index (χ1) is 8.23. The largest absolute Gasteiger partial charge is 0.329 e. The van der Waals surface area contributed by atoms with E-state index in [1.165, 1.54) is 0 Å². The average Bonchev–Trinajstić information content (AvgIpc) is 2.76. The van der Waals surface area contributed by atoms with Gasteiger partial charge in [0.15, 0.2) is 0 Å². The maximum atomic E-state index is 11.8. The van der Waals surface area contributed by atoms with Crippen molar-refractivity contribution < 1.29 is 16.8 Å². The molecule has 1 unspecified atom stereocenters. The monoisotopic (exact) mass is 298 g/mol. The van der Waals surface area contributed by atoms with E-state index < -0.39 is 25.6 Å². The molecular formula is C10H22N2O4S2. The van der Waals surface area contributed by atoms with E-state index in [0.29, 0.717) is 0 Å². The Balaban J connectivity index is 2.57. The van der Waals surface area contributed by atoms with Gasteiger partial charge >= 0.3 is 0 Å². The maximum absolute atomic E-state index is 11.8. The minimum absolute atomic E-state index is 0.253. The molecule has 0 saturated heterocycles. The van der Waals surface area contributed by atoms with Crippen molar-refractivity contribution >= 4 is 19.9 Å².